The minimum atomic E-state index is -0.601. The lowest BCUT2D eigenvalue weighted by Gasteiger charge is -2.30. The predicted molar refractivity (Wildman–Crippen MR) is 184 cm³/mol. The van der Waals surface area contributed by atoms with Crippen molar-refractivity contribution in [3.8, 4) is 16.9 Å². The van der Waals surface area contributed by atoms with Crippen LogP contribution in [0.2, 0.25) is 0 Å². The summed E-state index contributed by atoms with van der Waals surface area (Å²) in [6.45, 7) is 2.63. The number of hydrogen-bond donors (Lipinski definition) is 5. The van der Waals surface area contributed by atoms with Crippen molar-refractivity contribution in [3.05, 3.63) is 95.9 Å². The van der Waals surface area contributed by atoms with Crippen molar-refractivity contribution in [2.24, 2.45) is 4.99 Å². The van der Waals surface area contributed by atoms with Crippen LogP contribution < -0.4 is 16.0 Å². The first-order chi connectivity index (χ1) is 23.8. The molecule has 49 heavy (non-hydrogen) atoms. The molecule has 10 nitrogen and oxygen atoms in total. The van der Waals surface area contributed by atoms with E-state index in [4.69, 9.17) is 0 Å². The van der Waals surface area contributed by atoms with Crippen LogP contribution in [0.4, 0.5) is 20.3 Å². The first kappa shape index (κ1) is 32.9. The van der Waals surface area contributed by atoms with E-state index in [0.29, 0.717) is 31.4 Å². The van der Waals surface area contributed by atoms with Crippen LogP contribution in [0.15, 0.2) is 83.9 Å². The van der Waals surface area contributed by atoms with Crippen LogP contribution in [-0.4, -0.2) is 80.7 Å². The SMILES string of the molecule is O=C(N[C@H]1CC[C@@H](NCC2CN3C=C(F)C=CC3=N2)CC1)c1cc(F)cnc1Nc1cccc(-c2ccc(O)cc2CN2CCCC2O)c1. The molecule has 1 amide bonds. The monoisotopic (exact) mass is 669 g/mol. The fourth-order valence-electron chi connectivity index (χ4n) is 7.16. The number of amides is 1. The van der Waals surface area contributed by atoms with Crippen molar-refractivity contribution in [1.82, 2.24) is 25.4 Å². The van der Waals surface area contributed by atoms with Gasteiger partial charge in [-0.25, -0.2) is 13.8 Å². The fraction of sp³-hybridized carbons (Fsp3) is 0.378. The molecule has 3 aromatic rings. The highest BCUT2D eigenvalue weighted by Crippen LogP contribution is 2.32. The van der Waals surface area contributed by atoms with Gasteiger partial charge in [0.2, 0.25) is 0 Å². The van der Waals surface area contributed by atoms with Crippen LogP contribution in [0, 0.1) is 5.82 Å². The number of pyridine rings is 1. The van der Waals surface area contributed by atoms with Gasteiger partial charge in [-0.1, -0.05) is 18.2 Å². The molecule has 0 bridgehead atoms. The van der Waals surface area contributed by atoms with Gasteiger partial charge in [-0.05, 0) is 97.7 Å². The summed E-state index contributed by atoms with van der Waals surface area (Å²) in [4.78, 5) is 26.2. The molecule has 3 aliphatic heterocycles. The normalized spacial score (nSPS) is 23.6. The highest BCUT2D eigenvalue weighted by atomic mass is 19.1. The van der Waals surface area contributed by atoms with E-state index in [0.717, 1.165) is 73.8 Å². The maximum Gasteiger partial charge on any atom is 0.255 e. The lowest BCUT2D eigenvalue weighted by molar-refractivity contribution is 0.0329. The van der Waals surface area contributed by atoms with E-state index in [1.54, 1.807) is 18.2 Å². The molecule has 2 atom stereocenters. The van der Waals surface area contributed by atoms with Gasteiger partial charge in [0, 0.05) is 50.2 Å². The zero-order valence-corrected chi connectivity index (χ0v) is 27.2. The number of phenols is 1. The van der Waals surface area contributed by atoms with E-state index in [9.17, 15) is 23.8 Å². The maximum atomic E-state index is 14.4. The molecule has 256 valence electrons. The van der Waals surface area contributed by atoms with Crippen LogP contribution in [0.1, 0.15) is 54.4 Å². The largest absolute Gasteiger partial charge is 0.508 e. The summed E-state index contributed by atoms with van der Waals surface area (Å²) in [5.41, 5.74) is 3.46. The van der Waals surface area contributed by atoms with E-state index >= 15 is 0 Å². The Kier molecular flexibility index (Phi) is 9.70. The molecule has 7 rings (SSSR count). The number of halogens is 2. The molecule has 2 aromatic carbocycles. The molecule has 0 spiro atoms. The van der Waals surface area contributed by atoms with Crippen molar-refractivity contribution < 1.29 is 23.8 Å². The Morgan fingerprint density at radius 2 is 1.84 bits per heavy atom. The van der Waals surface area contributed by atoms with Crippen LogP contribution in [-0.2, 0) is 6.54 Å². The minimum absolute atomic E-state index is 0.0500. The molecular formula is C37H41F2N7O3. The Labute approximate surface area is 284 Å². The number of aliphatic imine (C=N–C) groups is 1. The number of phenolic OH excluding ortho intramolecular Hbond substituents is 1. The third-order valence-corrected chi connectivity index (χ3v) is 9.72. The molecule has 2 fully saturated rings. The molecule has 4 aliphatic rings. The van der Waals surface area contributed by atoms with Crippen molar-refractivity contribution in [1.29, 1.82) is 0 Å². The number of aromatic nitrogens is 1. The fourth-order valence-corrected chi connectivity index (χ4v) is 7.16. The van der Waals surface area contributed by atoms with Crippen LogP contribution in [0.25, 0.3) is 11.1 Å². The number of carbonyl (C=O) groups is 1. The average molecular weight is 670 g/mol. The van der Waals surface area contributed by atoms with Gasteiger partial charge in [0.15, 0.2) is 0 Å². The number of aromatic hydroxyl groups is 1. The van der Waals surface area contributed by atoms with E-state index in [1.165, 1.54) is 18.3 Å². The molecule has 5 N–H and O–H groups in total. The number of rotatable bonds is 10. The molecule has 1 aromatic heterocycles. The smallest absolute Gasteiger partial charge is 0.255 e. The van der Waals surface area contributed by atoms with Gasteiger partial charge < -0.3 is 31.1 Å². The van der Waals surface area contributed by atoms with Gasteiger partial charge in [-0.3, -0.25) is 14.7 Å². The molecular weight excluding hydrogens is 628 g/mol. The lowest BCUT2D eigenvalue weighted by Crippen LogP contribution is -2.44. The molecule has 1 saturated carbocycles. The Morgan fingerprint density at radius 1 is 1.00 bits per heavy atom. The summed E-state index contributed by atoms with van der Waals surface area (Å²) in [6, 6.07) is 14.3. The number of likely N-dealkylation sites (tertiary alicyclic amines) is 1. The summed E-state index contributed by atoms with van der Waals surface area (Å²) in [5.74, 6) is -0.0730. The van der Waals surface area contributed by atoms with E-state index in [1.807, 2.05) is 40.1 Å². The van der Waals surface area contributed by atoms with Gasteiger partial charge in [0.1, 0.15) is 35.3 Å². The third-order valence-electron chi connectivity index (χ3n) is 9.72. The summed E-state index contributed by atoms with van der Waals surface area (Å²) in [6.07, 6.45) is 10.2. The second-order valence-corrected chi connectivity index (χ2v) is 13.3. The van der Waals surface area contributed by atoms with E-state index in [2.05, 4.69) is 25.9 Å². The van der Waals surface area contributed by atoms with Gasteiger partial charge in [0.05, 0.1) is 17.8 Å². The maximum absolute atomic E-state index is 14.4. The van der Waals surface area contributed by atoms with Crippen molar-refractivity contribution >= 4 is 23.2 Å². The predicted octanol–water partition coefficient (Wildman–Crippen LogP) is 5.35. The molecule has 4 heterocycles. The Bertz CT molecular complexity index is 1790. The number of aliphatic hydroxyl groups excluding tert-OH is 1. The molecule has 2 unspecified atom stereocenters. The highest BCUT2D eigenvalue weighted by molar-refractivity contribution is 5.99. The zero-order chi connectivity index (χ0) is 33.9. The summed E-state index contributed by atoms with van der Waals surface area (Å²) >= 11 is 0. The van der Waals surface area contributed by atoms with Crippen LogP contribution >= 0.6 is 0 Å². The van der Waals surface area contributed by atoms with Gasteiger partial charge >= 0.3 is 0 Å². The van der Waals surface area contributed by atoms with Crippen LogP contribution in [0.5, 0.6) is 5.75 Å². The second kappa shape index (κ2) is 14.5. The zero-order valence-electron chi connectivity index (χ0n) is 27.2. The first-order valence-electron chi connectivity index (χ1n) is 17.0. The topological polar surface area (TPSA) is 125 Å². The van der Waals surface area contributed by atoms with Gasteiger partial charge in [-0.2, -0.15) is 0 Å². The highest BCUT2D eigenvalue weighted by Gasteiger charge is 2.28. The quantitative estimate of drug-likeness (QED) is 0.196. The molecule has 12 heteroatoms. The van der Waals surface area contributed by atoms with Crippen LogP contribution in [0.3, 0.4) is 0 Å². The molecule has 1 aliphatic carbocycles. The number of anilines is 2. The number of allylic oxidation sites excluding steroid dienone is 2. The molecule has 1 saturated heterocycles. The van der Waals surface area contributed by atoms with E-state index < -0.39 is 12.0 Å². The van der Waals surface area contributed by atoms with E-state index in [-0.39, 0.29) is 40.9 Å². The standard InChI is InChI=1S/C37H41F2N7O3/c38-25-6-13-34-42-30(22-46(34)21-25)19-40-27-7-9-28(10-8-27)44-37(49)33-17-26(39)18-41-36(33)43-29-4-1-3-23(15-29)32-12-11-31(47)16-24(32)20-45-14-2-5-35(45)48/h1,3-4,6,11-13,15-18,21,27-28,30,35,40,47-48H,2,5,7-10,14,19-20,22H2,(H,41,43)(H,44,49)/t27-,28+,30?,35?. The number of carbonyl (C=O) groups excluding carboxylic acids is 1. The summed E-state index contributed by atoms with van der Waals surface area (Å²) in [5, 5.41) is 30.5. The number of nitrogens with zero attached hydrogens (tertiary/aromatic N) is 4. The number of nitrogens with one attached hydrogen (secondary N) is 3. The Balaban J connectivity index is 0.969. The van der Waals surface area contributed by atoms with Crippen molar-refractivity contribution in [2.75, 3.05) is 25.0 Å². The second-order valence-electron chi connectivity index (χ2n) is 13.3. The number of amidine groups is 1. The average Bonchev–Trinajstić information content (AvgIpc) is 3.70. The van der Waals surface area contributed by atoms with Gasteiger partial charge in [0.25, 0.3) is 5.91 Å². The Morgan fingerprint density at radius 3 is 2.65 bits per heavy atom. The Hall–Kier alpha value is -4.65. The van der Waals surface area contributed by atoms with Crippen molar-refractivity contribution in [2.45, 2.75) is 69.4 Å². The third kappa shape index (κ3) is 7.82. The number of benzene rings is 2. The summed E-state index contributed by atoms with van der Waals surface area (Å²) in [7, 11) is 0. The summed E-state index contributed by atoms with van der Waals surface area (Å²) < 4.78 is 28.0. The number of fused-ring (bicyclic) bond motifs is 1. The molecule has 0 radical (unpaired) electrons. The lowest BCUT2D eigenvalue weighted by atomic mass is 9.91. The minimum Gasteiger partial charge on any atom is -0.508 e. The van der Waals surface area contributed by atoms with Gasteiger partial charge in [-0.15, -0.1) is 0 Å². The first-order valence-corrected chi connectivity index (χ1v) is 17.0. The van der Waals surface area contributed by atoms with Crippen molar-refractivity contribution in [3.63, 3.8) is 0 Å². The number of hydrogen-bond acceptors (Lipinski definition) is 9. The number of aliphatic hydroxyl groups is 1.